The third-order valence-corrected chi connectivity index (χ3v) is 2.09. The quantitative estimate of drug-likeness (QED) is 0.654. The van der Waals surface area contributed by atoms with Gasteiger partial charge in [-0.05, 0) is 6.92 Å². The Morgan fingerprint density at radius 3 is 2.85 bits per heavy atom. The molecule has 1 aliphatic rings. The van der Waals surface area contributed by atoms with E-state index in [1.54, 1.807) is 6.92 Å². The fourth-order valence-electron chi connectivity index (χ4n) is 1.29. The lowest BCUT2D eigenvalue weighted by Crippen LogP contribution is -2.50. The van der Waals surface area contributed by atoms with Crippen molar-refractivity contribution in [3.8, 4) is 0 Å². The third-order valence-electron chi connectivity index (χ3n) is 2.09. The Balaban J connectivity index is 1.97. The van der Waals surface area contributed by atoms with E-state index in [0.717, 1.165) is 0 Å². The Morgan fingerprint density at radius 2 is 2.38 bits per heavy atom. The zero-order valence-electron chi connectivity index (χ0n) is 7.23. The van der Waals surface area contributed by atoms with Gasteiger partial charge in [-0.15, -0.1) is 0 Å². The molecule has 0 spiro atoms. The molecule has 0 aromatic carbocycles. The molecule has 70 valence electrons. The fourth-order valence-corrected chi connectivity index (χ4v) is 1.29. The lowest BCUT2D eigenvalue weighted by Gasteiger charge is -2.35. The number of hydrogen-bond donors (Lipinski definition) is 1. The van der Waals surface area contributed by atoms with Crippen LogP contribution in [-0.4, -0.2) is 34.2 Å². The van der Waals surface area contributed by atoms with Crippen LogP contribution in [0.4, 0.5) is 4.79 Å². The van der Waals surface area contributed by atoms with Crippen LogP contribution in [0.15, 0.2) is 4.52 Å². The van der Waals surface area contributed by atoms with E-state index >= 15 is 0 Å². The summed E-state index contributed by atoms with van der Waals surface area (Å²) in [7, 11) is 0. The molecule has 0 atom stereocenters. The topological polar surface area (TPSA) is 85.3 Å². The van der Waals surface area contributed by atoms with Crippen LogP contribution in [0.1, 0.15) is 17.6 Å². The first kappa shape index (κ1) is 8.03. The Morgan fingerprint density at radius 1 is 1.69 bits per heavy atom. The van der Waals surface area contributed by atoms with Crippen LogP contribution >= 0.6 is 0 Å². The number of hydrogen-bond acceptors (Lipinski definition) is 4. The van der Waals surface area contributed by atoms with Crippen molar-refractivity contribution in [3.63, 3.8) is 0 Å². The maximum atomic E-state index is 10.6. The van der Waals surface area contributed by atoms with Gasteiger partial charge in [-0.3, -0.25) is 0 Å². The number of primary amides is 1. The maximum absolute atomic E-state index is 10.6. The molecular weight excluding hydrogens is 172 g/mol. The highest BCUT2D eigenvalue weighted by Gasteiger charge is 2.34. The average Bonchev–Trinajstić information content (AvgIpc) is 2.31. The molecule has 13 heavy (non-hydrogen) atoms. The summed E-state index contributed by atoms with van der Waals surface area (Å²) in [6.07, 6.45) is 0. The molecule has 0 radical (unpaired) electrons. The van der Waals surface area contributed by atoms with Gasteiger partial charge in [0.05, 0.1) is 5.92 Å². The van der Waals surface area contributed by atoms with E-state index in [9.17, 15) is 4.79 Å². The molecule has 0 unspecified atom stereocenters. The standard InChI is InChI=1S/C7H10N4O2/c1-4-9-6(13-10-4)5-2-11(3-5)7(8)12/h5H,2-3H2,1H3,(H2,8,12). The average molecular weight is 182 g/mol. The molecule has 2 amide bonds. The van der Waals surface area contributed by atoms with Crippen LogP contribution in [0.2, 0.25) is 0 Å². The van der Waals surface area contributed by atoms with E-state index in [2.05, 4.69) is 10.1 Å². The highest BCUT2D eigenvalue weighted by molar-refractivity contribution is 5.73. The van der Waals surface area contributed by atoms with E-state index in [1.807, 2.05) is 0 Å². The van der Waals surface area contributed by atoms with Gasteiger partial charge in [-0.1, -0.05) is 5.16 Å². The maximum Gasteiger partial charge on any atom is 0.314 e. The summed E-state index contributed by atoms with van der Waals surface area (Å²) in [5.74, 6) is 1.37. The van der Waals surface area contributed by atoms with Crippen molar-refractivity contribution in [1.29, 1.82) is 0 Å². The van der Waals surface area contributed by atoms with Gasteiger partial charge < -0.3 is 15.2 Å². The summed E-state index contributed by atoms with van der Waals surface area (Å²) in [6.45, 7) is 2.92. The predicted molar refractivity (Wildman–Crippen MR) is 42.9 cm³/mol. The molecule has 6 nitrogen and oxygen atoms in total. The zero-order chi connectivity index (χ0) is 9.42. The zero-order valence-corrected chi connectivity index (χ0v) is 7.23. The van der Waals surface area contributed by atoms with E-state index in [0.29, 0.717) is 24.8 Å². The predicted octanol–water partition coefficient (Wildman–Crippen LogP) is -0.144. The van der Waals surface area contributed by atoms with Crippen molar-refractivity contribution in [1.82, 2.24) is 15.0 Å². The van der Waals surface area contributed by atoms with Gasteiger partial charge in [0.2, 0.25) is 5.89 Å². The van der Waals surface area contributed by atoms with E-state index in [1.165, 1.54) is 4.90 Å². The van der Waals surface area contributed by atoms with E-state index in [4.69, 9.17) is 10.3 Å². The number of likely N-dealkylation sites (tertiary alicyclic amines) is 1. The summed E-state index contributed by atoms with van der Waals surface area (Å²) in [4.78, 5) is 16.2. The Bertz CT molecular complexity index is 329. The first-order valence-corrected chi connectivity index (χ1v) is 4.01. The molecule has 1 saturated heterocycles. The monoisotopic (exact) mass is 182 g/mol. The number of aromatic nitrogens is 2. The van der Waals surface area contributed by atoms with Gasteiger partial charge in [0.1, 0.15) is 0 Å². The number of carbonyl (C=O) groups excluding carboxylic acids is 1. The van der Waals surface area contributed by atoms with Crippen LogP contribution in [0.25, 0.3) is 0 Å². The number of carbonyl (C=O) groups is 1. The second-order valence-electron chi connectivity index (χ2n) is 3.12. The Labute approximate surface area is 74.7 Å². The summed E-state index contributed by atoms with van der Waals surface area (Å²) in [6, 6.07) is -0.396. The molecule has 1 aromatic heterocycles. The van der Waals surface area contributed by atoms with Crippen LogP contribution < -0.4 is 5.73 Å². The normalized spacial score (nSPS) is 17.2. The second-order valence-corrected chi connectivity index (χ2v) is 3.12. The van der Waals surface area contributed by atoms with Crippen molar-refractivity contribution >= 4 is 6.03 Å². The molecule has 0 bridgehead atoms. The van der Waals surface area contributed by atoms with Crippen LogP contribution in [-0.2, 0) is 0 Å². The Hall–Kier alpha value is -1.59. The number of aryl methyl sites for hydroxylation is 1. The van der Waals surface area contributed by atoms with Crippen molar-refractivity contribution < 1.29 is 9.32 Å². The SMILES string of the molecule is Cc1noc(C2CN(C(N)=O)C2)n1. The van der Waals surface area contributed by atoms with Crippen LogP contribution in [0, 0.1) is 6.92 Å². The summed E-state index contributed by atoms with van der Waals surface area (Å²) < 4.78 is 4.96. The highest BCUT2D eigenvalue weighted by atomic mass is 16.5. The fraction of sp³-hybridized carbons (Fsp3) is 0.571. The second kappa shape index (κ2) is 2.72. The molecule has 6 heteroatoms. The lowest BCUT2D eigenvalue weighted by molar-refractivity contribution is 0.144. The first-order valence-electron chi connectivity index (χ1n) is 4.01. The van der Waals surface area contributed by atoms with Gasteiger partial charge in [0, 0.05) is 13.1 Å². The third kappa shape index (κ3) is 1.34. The van der Waals surface area contributed by atoms with Gasteiger partial charge in [0.25, 0.3) is 0 Å². The smallest absolute Gasteiger partial charge is 0.314 e. The number of urea groups is 1. The molecule has 1 aromatic rings. The summed E-state index contributed by atoms with van der Waals surface area (Å²) in [5.41, 5.74) is 5.06. The lowest BCUT2D eigenvalue weighted by atomic mass is 10.0. The Kier molecular flexibility index (Phi) is 1.68. The summed E-state index contributed by atoms with van der Waals surface area (Å²) >= 11 is 0. The van der Waals surface area contributed by atoms with E-state index < -0.39 is 6.03 Å². The van der Waals surface area contributed by atoms with Crippen LogP contribution in [0.5, 0.6) is 0 Å². The van der Waals surface area contributed by atoms with Crippen LogP contribution in [0.3, 0.4) is 0 Å². The first-order chi connectivity index (χ1) is 6.16. The molecule has 1 fully saturated rings. The number of amides is 2. The van der Waals surface area contributed by atoms with Crippen molar-refractivity contribution in [2.45, 2.75) is 12.8 Å². The number of nitrogens with zero attached hydrogens (tertiary/aromatic N) is 3. The molecule has 2 heterocycles. The molecule has 0 saturated carbocycles. The molecule has 0 aliphatic carbocycles. The molecule has 1 aliphatic heterocycles. The van der Waals surface area contributed by atoms with Crippen molar-refractivity contribution in [3.05, 3.63) is 11.7 Å². The van der Waals surface area contributed by atoms with Crippen molar-refractivity contribution in [2.24, 2.45) is 5.73 Å². The summed E-state index contributed by atoms with van der Waals surface area (Å²) in [5, 5.41) is 3.67. The molecular formula is C7H10N4O2. The van der Waals surface area contributed by atoms with Gasteiger partial charge in [-0.25, -0.2) is 4.79 Å². The van der Waals surface area contributed by atoms with Gasteiger partial charge in [0.15, 0.2) is 5.82 Å². The minimum absolute atomic E-state index is 0.161. The molecule has 2 N–H and O–H groups in total. The highest BCUT2D eigenvalue weighted by Crippen LogP contribution is 2.24. The minimum atomic E-state index is -0.396. The van der Waals surface area contributed by atoms with Crippen molar-refractivity contribution in [2.75, 3.05) is 13.1 Å². The largest absolute Gasteiger partial charge is 0.351 e. The number of nitrogens with two attached hydrogens (primary N) is 1. The minimum Gasteiger partial charge on any atom is -0.351 e. The van der Waals surface area contributed by atoms with Gasteiger partial charge >= 0.3 is 6.03 Å². The van der Waals surface area contributed by atoms with E-state index in [-0.39, 0.29) is 5.92 Å². The number of rotatable bonds is 1. The molecule has 2 rings (SSSR count). The van der Waals surface area contributed by atoms with Gasteiger partial charge in [-0.2, -0.15) is 4.98 Å².